The Morgan fingerprint density at radius 3 is 2.65 bits per heavy atom. The van der Waals surface area contributed by atoms with Gasteiger partial charge in [0, 0.05) is 0 Å². The number of hydrogen-bond donors (Lipinski definition) is 2. The van der Waals surface area contributed by atoms with Gasteiger partial charge in [0.1, 0.15) is 36.7 Å². The Balaban J connectivity index is 1.65. The lowest BCUT2D eigenvalue weighted by molar-refractivity contribution is -0.162. The SMILES string of the molecule is CC(C)[C@H](C)C(=O)OC[C@H]1O[C@@](C#N)(c2ccc3c(N)ncnn23)[C@H](O)[C@@H]1OC(=O)Cc1ccccc1. The molecule has 194 valence electrons. The van der Waals surface area contributed by atoms with Crippen LogP contribution in [0.5, 0.6) is 0 Å². The van der Waals surface area contributed by atoms with Gasteiger partial charge in [-0.2, -0.15) is 10.4 Å². The third-order valence-electron chi connectivity index (χ3n) is 6.68. The molecule has 0 spiro atoms. The molecule has 5 atom stereocenters. The molecular formula is C26H29N5O6. The van der Waals surface area contributed by atoms with Gasteiger partial charge in [0.25, 0.3) is 0 Å². The Bertz CT molecular complexity index is 1320. The first kappa shape index (κ1) is 26.1. The average molecular weight is 508 g/mol. The highest BCUT2D eigenvalue weighted by Gasteiger charge is 2.60. The molecule has 0 radical (unpaired) electrons. The van der Waals surface area contributed by atoms with Crippen LogP contribution in [0.15, 0.2) is 48.8 Å². The number of esters is 2. The maximum absolute atomic E-state index is 12.8. The van der Waals surface area contributed by atoms with Gasteiger partial charge in [-0.15, -0.1) is 0 Å². The molecule has 4 rings (SSSR count). The molecule has 0 unspecified atom stereocenters. The van der Waals surface area contributed by atoms with Gasteiger partial charge in [0.2, 0.25) is 5.60 Å². The van der Waals surface area contributed by atoms with Gasteiger partial charge in [-0.1, -0.05) is 51.1 Å². The van der Waals surface area contributed by atoms with Crippen molar-refractivity contribution in [2.75, 3.05) is 12.3 Å². The Kier molecular flexibility index (Phi) is 7.42. The molecule has 0 aliphatic carbocycles. The summed E-state index contributed by atoms with van der Waals surface area (Å²) in [5, 5.41) is 25.8. The van der Waals surface area contributed by atoms with Crippen LogP contribution in [0.25, 0.3) is 5.52 Å². The number of nitrogens with zero attached hydrogens (tertiary/aromatic N) is 4. The summed E-state index contributed by atoms with van der Waals surface area (Å²) in [4.78, 5) is 29.3. The van der Waals surface area contributed by atoms with E-state index in [0.29, 0.717) is 11.1 Å². The van der Waals surface area contributed by atoms with Gasteiger partial charge in [-0.05, 0) is 23.6 Å². The van der Waals surface area contributed by atoms with Crippen LogP contribution in [-0.2, 0) is 35.8 Å². The minimum Gasteiger partial charge on any atom is -0.463 e. The summed E-state index contributed by atoms with van der Waals surface area (Å²) in [6.07, 6.45) is -2.90. The molecule has 3 aromatic rings. The maximum Gasteiger partial charge on any atom is 0.310 e. The van der Waals surface area contributed by atoms with E-state index in [0.717, 1.165) is 0 Å². The van der Waals surface area contributed by atoms with Crippen molar-refractivity contribution in [1.29, 1.82) is 5.26 Å². The zero-order chi connectivity index (χ0) is 26.7. The standard InChI is InChI=1S/C26H29N5O6/c1-15(2)16(3)25(34)35-12-19-22(36-21(32)11-17-7-5-4-6-8-17)23(33)26(13-27,37-19)20-10-9-18-24(28)29-14-30-31(18)20/h4-10,14-16,19,22-23,33H,11-12H2,1-3H3,(H2,28,29,30)/t16-,19+,22+,23+,26-/m0/s1. The normalized spacial score (nSPS) is 24.1. The molecule has 1 saturated heterocycles. The van der Waals surface area contributed by atoms with Crippen LogP contribution in [0.2, 0.25) is 0 Å². The topological polar surface area (TPSA) is 162 Å². The number of carbonyl (C=O) groups excluding carboxylic acids is 2. The van der Waals surface area contributed by atoms with Gasteiger partial charge in [-0.25, -0.2) is 9.50 Å². The van der Waals surface area contributed by atoms with E-state index in [1.807, 2.05) is 26.0 Å². The predicted octanol–water partition coefficient (Wildman–Crippen LogP) is 1.78. The van der Waals surface area contributed by atoms with E-state index in [2.05, 4.69) is 10.1 Å². The lowest BCUT2D eigenvalue weighted by atomic mass is 9.92. The summed E-state index contributed by atoms with van der Waals surface area (Å²) >= 11 is 0. The lowest BCUT2D eigenvalue weighted by Crippen LogP contribution is -2.43. The van der Waals surface area contributed by atoms with Crippen LogP contribution in [0, 0.1) is 23.2 Å². The van der Waals surface area contributed by atoms with Crippen LogP contribution in [0.1, 0.15) is 32.0 Å². The number of aromatic nitrogens is 3. The smallest absolute Gasteiger partial charge is 0.310 e. The summed E-state index contributed by atoms with van der Waals surface area (Å²) < 4.78 is 18.5. The van der Waals surface area contributed by atoms with E-state index in [1.165, 1.54) is 16.9 Å². The first-order chi connectivity index (χ1) is 17.7. The highest BCUT2D eigenvalue weighted by atomic mass is 16.6. The zero-order valence-corrected chi connectivity index (χ0v) is 20.8. The van der Waals surface area contributed by atoms with E-state index in [4.69, 9.17) is 19.9 Å². The number of nitriles is 1. The number of aliphatic hydroxyl groups is 1. The Morgan fingerprint density at radius 1 is 1.24 bits per heavy atom. The van der Waals surface area contributed by atoms with E-state index in [9.17, 15) is 20.0 Å². The molecule has 1 fully saturated rings. The van der Waals surface area contributed by atoms with E-state index >= 15 is 0 Å². The van der Waals surface area contributed by atoms with Gasteiger partial charge in [0.15, 0.2) is 11.9 Å². The van der Waals surface area contributed by atoms with E-state index in [-0.39, 0.29) is 36.4 Å². The van der Waals surface area contributed by atoms with Crippen molar-refractivity contribution in [3.63, 3.8) is 0 Å². The largest absolute Gasteiger partial charge is 0.463 e. The fourth-order valence-electron chi connectivity index (χ4n) is 4.20. The first-order valence-electron chi connectivity index (χ1n) is 11.9. The molecule has 1 aliphatic rings. The molecule has 11 heteroatoms. The van der Waals surface area contributed by atoms with E-state index < -0.39 is 35.9 Å². The fourth-order valence-corrected chi connectivity index (χ4v) is 4.20. The average Bonchev–Trinajstić information content (AvgIpc) is 3.43. The van der Waals surface area contributed by atoms with Crippen LogP contribution in [-0.4, -0.2) is 56.6 Å². The second-order valence-electron chi connectivity index (χ2n) is 9.39. The highest BCUT2D eigenvalue weighted by molar-refractivity contribution is 5.73. The molecule has 37 heavy (non-hydrogen) atoms. The summed E-state index contributed by atoms with van der Waals surface area (Å²) in [6.45, 7) is 5.19. The molecule has 3 heterocycles. The Hall–Kier alpha value is -4.01. The van der Waals surface area contributed by atoms with Gasteiger partial charge < -0.3 is 25.1 Å². The molecule has 0 saturated carbocycles. The molecule has 0 amide bonds. The van der Waals surface area contributed by atoms with Crippen LogP contribution < -0.4 is 5.73 Å². The van der Waals surface area contributed by atoms with Crippen LogP contribution in [0.3, 0.4) is 0 Å². The van der Waals surface area contributed by atoms with E-state index in [1.54, 1.807) is 37.3 Å². The molecule has 0 bridgehead atoms. The molecule has 2 aromatic heterocycles. The van der Waals surface area contributed by atoms with Gasteiger partial charge in [-0.3, -0.25) is 9.59 Å². The minimum atomic E-state index is -1.99. The van der Waals surface area contributed by atoms with Crippen molar-refractivity contribution in [2.24, 2.45) is 11.8 Å². The summed E-state index contributed by atoms with van der Waals surface area (Å²) in [5.74, 6) is -1.28. The number of rotatable bonds is 8. The Labute approximate surface area is 213 Å². The summed E-state index contributed by atoms with van der Waals surface area (Å²) in [6, 6.07) is 14.1. The number of aliphatic hydroxyl groups excluding tert-OH is 1. The van der Waals surface area contributed by atoms with Gasteiger partial charge >= 0.3 is 11.9 Å². The number of nitrogen functional groups attached to an aromatic ring is 1. The molecule has 1 aliphatic heterocycles. The second kappa shape index (κ2) is 10.5. The quantitative estimate of drug-likeness (QED) is 0.430. The number of carbonyl (C=O) groups is 2. The second-order valence-corrected chi connectivity index (χ2v) is 9.39. The van der Waals surface area contributed by atoms with Crippen molar-refractivity contribution in [2.45, 2.75) is 51.1 Å². The molecule has 1 aromatic carbocycles. The lowest BCUT2D eigenvalue weighted by Gasteiger charge is -2.24. The Morgan fingerprint density at radius 2 is 1.97 bits per heavy atom. The zero-order valence-electron chi connectivity index (χ0n) is 20.8. The fraction of sp³-hybridized carbons (Fsp3) is 0.423. The molecule has 11 nitrogen and oxygen atoms in total. The van der Waals surface area contributed by atoms with Crippen molar-refractivity contribution in [1.82, 2.24) is 14.6 Å². The van der Waals surface area contributed by atoms with Gasteiger partial charge in [0.05, 0.1) is 18.0 Å². The molecule has 3 N–H and O–H groups in total. The predicted molar refractivity (Wildman–Crippen MR) is 131 cm³/mol. The summed E-state index contributed by atoms with van der Waals surface area (Å²) in [7, 11) is 0. The number of ether oxygens (including phenoxy) is 3. The number of anilines is 1. The number of nitrogens with two attached hydrogens (primary N) is 1. The maximum atomic E-state index is 12.8. The summed E-state index contributed by atoms with van der Waals surface area (Å²) in [5.41, 5.74) is 5.22. The van der Waals surface area contributed by atoms with Crippen LogP contribution >= 0.6 is 0 Å². The van der Waals surface area contributed by atoms with Crippen molar-refractivity contribution in [3.8, 4) is 6.07 Å². The van der Waals surface area contributed by atoms with Crippen molar-refractivity contribution in [3.05, 3.63) is 60.0 Å². The number of hydrogen-bond acceptors (Lipinski definition) is 10. The van der Waals surface area contributed by atoms with Crippen LogP contribution in [0.4, 0.5) is 5.82 Å². The van der Waals surface area contributed by atoms with Crippen molar-refractivity contribution < 1.29 is 28.9 Å². The minimum absolute atomic E-state index is 0.0394. The highest BCUT2D eigenvalue weighted by Crippen LogP contribution is 2.42. The molecular weight excluding hydrogens is 478 g/mol. The number of fused-ring (bicyclic) bond motifs is 1. The third-order valence-corrected chi connectivity index (χ3v) is 6.68. The third kappa shape index (κ3) is 4.98. The number of benzene rings is 1. The monoisotopic (exact) mass is 507 g/mol. The first-order valence-corrected chi connectivity index (χ1v) is 11.9. The van der Waals surface area contributed by atoms with Crippen molar-refractivity contribution >= 4 is 23.3 Å².